The number of hydrogen-bond donors (Lipinski definition) is 1. The highest BCUT2D eigenvalue weighted by atomic mass is 32.2. The zero-order valence-electron chi connectivity index (χ0n) is 19.2. The van der Waals surface area contributed by atoms with Gasteiger partial charge in [-0.1, -0.05) is 68.6 Å². The molecule has 4 rings (SSSR count). The Labute approximate surface area is 206 Å². The first-order valence-corrected chi connectivity index (χ1v) is 13.6. The normalized spacial score (nSPS) is 11.8. The van der Waals surface area contributed by atoms with Crippen LogP contribution in [0.4, 0.5) is 5.69 Å². The Bertz CT molecular complexity index is 1210. The maximum Gasteiger partial charge on any atom is 0.234 e. The number of carbonyl (C=O) groups is 1. The van der Waals surface area contributed by atoms with Gasteiger partial charge in [0.25, 0.3) is 0 Å². The molecule has 0 unspecified atom stereocenters. The summed E-state index contributed by atoms with van der Waals surface area (Å²) < 4.78 is 4.27. The first kappa shape index (κ1) is 23.8. The Morgan fingerprint density at radius 2 is 1.82 bits per heavy atom. The molecular formula is C24H27N5OS3. The summed E-state index contributed by atoms with van der Waals surface area (Å²) in [6.45, 7) is 9.34. The van der Waals surface area contributed by atoms with Gasteiger partial charge < -0.3 is 9.88 Å². The molecule has 2 aromatic heterocycles. The predicted molar refractivity (Wildman–Crippen MR) is 139 cm³/mol. The van der Waals surface area contributed by atoms with E-state index in [1.54, 1.807) is 23.1 Å². The maximum atomic E-state index is 12.5. The molecule has 0 fully saturated rings. The summed E-state index contributed by atoms with van der Waals surface area (Å²) in [5, 5.41) is 12.4. The van der Waals surface area contributed by atoms with E-state index in [9.17, 15) is 4.79 Å². The molecule has 2 aromatic carbocycles. The second-order valence-electron chi connectivity index (χ2n) is 8.54. The van der Waals surface area contributed by atoms with Crippen molar-refractivity contribution in [1.82, 2.24) is 19.7 Å². The van der Waals surface area contributed by atoms with Crippen LogP contribution >= 0.6 is 34.9 Å². The molecule has 0 aliphatic carbocycles. The number of amides is 1. The number of rotatable bonds is 8. The largest absolute Gasteiger partial charge is 0.325 e. The van der Waals surface area contributed by atoms with Crippen LogP contribution in [0.3, 0.4) is 0 Å². The van der Waals surface area contributed by atoms with E-state index >= 15 is 0 Å². The highest BCUT2D eigenvalue weighted by molar-refractivity contribution is 8.00. The van der Waals surface area contributed by atoms with Gasteiger partial charge in [0.15, 0.2) is 9.50 Å². The summed E-state index contributed by atoms with van der Waals surface area (Å²) >= 11 is 4.76. The smallest absolute Gasteiger partial charge is 0.234 e. The third kappa shape index (κ3) is 5.96. The Morgan fingerprint density at radius 1 is 1.06 bits per heavy atom. The fourth-order valence-corrected chi connectivity index (χ4v) is 6.10. The lowest BCUT2D eigenvalue weighted by Gasteiger charge is -2.19. The van der Waals surface area contributed by atoms with Crippen molar-refractivity contribution in [3.05, 3.63) is 59.9 Å². The van der Waals surface area contributed by atoms with Crippen molar-refractivity contribution in [2.24, 2.45) is 0 Å². The van der Waals surface area contributed by atoms with E-state index in [4.69, 9.17) is 0 Å². The van der Waals surface area contributed by atoms with Crippen LogP contribution in [0.1, 0.15) is 39.1 Å². The molecule has 0 aliphatic rings. The highest BCUT2D eigenvalue weighted by Gasteiger charge is 2.16. The number of hydrogen-bond acceptors (Lipinski definition) is 7. The zero-order valence-corrected chi connectivity index (χ0v) is 21.6. The molecule has 0 saturated carbocycles. The molecule has 1 amide bonds. The molecule has 0 radical (unpaired) electrons. The molecule has 4 aromatic rings. The molecule has 6 nitrogen and oxygen atoms in total. The average molecular weight is 498 g/mol. The summed E-state index contributed by atoms with van der Waals surface area (Å²) in [5.74, 6) is 1.81. The van der Waals surface area contributed by atoms with Crippen molar-refractivity contribution < 1.29 is 4.79 Å². The number of benzene rings is 2. The quantitative estimate of drug-likeness (QED) is 0.291. The highest BCUT2D eigenvalue weighted by Crippen LogP contribution is 2.31. The van der Waals surface area contributed by atoms with Crippen LogP contribution in [0.5, 0.6) is 0 Å². The van der Waals surface area contributed by atoms with Crippen LogP contribution in [0.2, 0.25) is 0 Å². The summed E-state index contributed by atoms with van der Waals surface area (Å²) in [4.78, 5) is 17.1. The minimum Gasteiger partial charge on any atom is -0.325 e. The number of thioether (sulfide) groups is 2. The fraction of sp³-hybridized carbons (Fsp3) is 0.333. The summed E-state index contributed by atoms with van der Waals surface area (Å²) in [6, 6.07) is 16.2. The number of fused-ring (bicyclic) bond motifs is 1. The van der Waals surface area contributed by atoms with Crippen molar-refractivity contribution in [2.75, 3.05) is 11.1 Å². The van der Waals surface area contributed by atoms with Gasteiger partial charge in [0, 0.05) is 12.2 Å². The number of aromatic nitrogens is 4. The van der Waals surface area contributed by atoms with E-state index < -0.39 is 0 Å². The van der Waals surface area contributed by atoms with Crippen molar-refractivity contribution in [1.29, 1.82) is 0 Å². The number of nitrogens with zero attached hydrogens (tertiary/aromatic N) is 4. The lowest BCUT2D eigenvalue weighted by Crippen LogP contribution is -2.15. The number of thiazole rings is 1. The Kier molecular flexibility index (Phi) is 7.41. The van der Waals surface area contributed by atoms with Crippen molar-refractivity contribution in [3.63, 3.8) is 0 Å². The minimum absolute atomic E-state index is 0.0560. The molecule has 0 spiro atoms. The Balaban J connectivity index is 1.33. The molecule has 0 saturated heterocycles. The second kappa shape index (κ2) is 10.3. The molecule has 0 aliphatic heterocycles. The van der Waals surface area contributed by atoms with E-state index in [0.29, 0.717) is 5.75 Å². The van der Waals surface area contributed by atoms with Gasteiger partial charge in [0.05, 0.1) is 21.7 Å². The van der Waals surface area contributed by atoms with Crippen LogP contribution in [-0.2, 0) is 22.5 Å². The number of anilines is 1. The monoisotopic (exact) mass is 497 g/mol. The van der Waals surface area contributed by atoms with Crippen molar-refractivity contribution >= 4 is 56.7 Å². The van der Waals surface area contributed by atoms with Gasteiger partial charge in [0.1, 0.15) is 5.82 Å². The van der Waals surface area contributed by atoms with Gasteiger partial charge in [-0.3, -0.25) is 4.79 Å². The summed E-state index contributed by atoms with van der Waals surface area (Å²) in [7, 11) is 0. The van der Waals surface area contributed by atoms with E-state index in [2.05, 4.69) is 71.0 Å². The SMILES string of the molecule is CCn1c(CSc2nc3ccccc3s2)nnc1SCC(=O)Nc1ccc(C(C)(C)C)cc1. The average Bonchev–Trinajstić information content (AvgIpc) is 3.39. The zero-order chi connectivity index (χ0) is 23.4. The maximum absolute atomic E-state index is 12.5. The standard InChI is InChI=1S/C24H27N5OS3/c1-5-29-20(14-32-23-26-18-8-6-7-9-19(18)33-23)27-28-22(29)31-15-21(30)25-17-12-10-16(11-13-17)24(2,3)4/h6-13H,5,14-15H2,1-4H3,(H,25,30). The van der Waals surface area contributed by atoms with Gasteiger partial charge in [-0.05, 0) is 42.2 Å². The van der Waals surface area contributed by atoms with E-state index in [0.717, 1.165) is 33.1 Å². The predicted octanol–water partition coefficient (Wildman–Crippen LogP) is 6.23. The van der Waals surface area contributed by atoms with Crippen LogP contribution in [0, 0.1) is 0 Å². The summed E-state index contributed by atoms with van der Waals surface area (Å²) in [5.41, 5.74) is 3.16. The molecule has 33 heavy (non-hydrogen) atoms. The molecule has 1 N–H and O–H groups in total. The first-order valence-electron chi connectivity index (χ1n) is 10.8. The van der Waals surface area contributed by atoms with Gasteiger partial charge >= 0.3 is 0 Å². The Hall–Kier alpha value is -2.36. The number of nitrogens with one attached hydrogen (secondary N) is 1. The molecule has 0 bridgehead atoms. The van der Waals surface area contributed by atoms with Crippen LogP contribution in [0.25, 0.3) is 10.2 Å². The fourth-order valence-electron chi connectivity index (χ4n) is 3.27. The van der Waals surface area contributed by atoms with Crippen LogP contribution in [-0.4, -0.2) is 31.4 Å². The van der Waals surface area contributed by atoms with E-state index in [-0.39, 0.29) is 17.1 Å². The lowest BCUT2D eigenvalue weighted by molar-refractivity contribution is -0.113. The molecule has 2 heterocycles. The topological polar surface area (TPSA) is 72.7 Å². The minimum atomic E-state index is -0.0560. The second-order valence-corrected chi connectivity index (χ2v) is 11.7. The molecule has 172 valence electrons. The molecular weight excluding hydrogens is 470 g/mol. The van der Waals surface area contributed by atoms with Gasteiger partial charge in [-0.2, -0.15) is 0 Å². The number of para-hydroxylation sites is 1. The van der Waals surface area contributed by atoms with Crippen molar-refractivity contribution in [2.45, 2.75) is 54.9 Å². The summed E-state index contributed by atoms with van der Waals surface area (Å²) in [6.07, 6.45) is 0. The van der Waals surface area contributed by atoms with Crippen molar-refractivity contribution in [3.8, 4) is 0 Å². The Morgan fingerprint density at radius 3 is 2.52 bits per heavy atom. The van der Waals surface area contributed by atoms with E-state index in [1.807, 2.05) is 30.3 Å². The lowest BCUT2D eigenvalue weighted by atomic mass is 9.87. The van der Waals surface area contributed by atoms with Crippen LogP contribution in [0.15, 0.2) is 58.0 Å². The van der Waals surface area contributed by atoms with Crippen LogP contribution < -0.4 is 5.32 Å². The van der Waals surface area contributed by atoms with Gasteiger partial charge in [0.2, 0.25) is 5.91 Å². The third-order valence-electron chi connectivity index (χ3n) is 5.08. The molecule has 9 heteroatoms. The third-order valence-corrected chi connectivity index (χ3v) is 8.22. The number of carbonyl (C=O) groups excluding carboxylic acids is 1. The van der Waals surface area contributed by atoms with Gasteiger partial charge in [-0.25, -0.2) is 4.98 Å². The first-order chi connectivity index (χ1) is 15.8. The molecule has 0 atom stereocenters. The van der Waals surface area contributed by atoms with E-state index in [1.165, 1.54) is 22.0 Å². The van der Waals surface area contributed by atoms with Gasteiger partial charge in [-0.15, -0.1) is 21.5 Å².